The Balaban J connectivity index is 2.40. The molecule has 0 aromatic heterocycles. The normalized spacial score (nSPS) is 15.0. The molecule has 3 heteroatoms. The minimum atomic E-state index is -0.318. The Morgan fingerprint density at radius 1 is 1.17 bits per heavy atom. The molecule has 3 nitrogen and oxygen atoms in total. The third kappa shape index (κ3) is 1.05. The second-order valence-corrected chi connectivity index (χ2v) is 2.34. The molecule has 12 heavy (non-hydrogen) atoms. The molecular weight excluding hydrogens is 152 g/mol. The summed E-state index contributed by atoms with van der Waals surface area (Å²) in [6.07, 6.45) is 2.28. The molecule has 0 fully saturated rings. The van der Waals surface area contributed by atoms with Gasteiger partial charge in [0.05, 0.1) is 0 Å². The van der Waals surface area contributed by atoms with Crippen molar-refractivity contribution in [2.24, 2.45) is 9.98 Å². The quantitative estimate of drug-likeness (QED) is 0.559. The van der Waals surface area contributed by atoms with Crippen LogP contribution in [0.25, 0.3) is 0 Å². The lowest BCUT2D eigenvalue weighted by Crippen LogP contribution is -2.08. The van der Waals surface area contributed by atoms with Crippen molar-refractivity contribution in [1.82, 2.24) is 0 Å². The summed E-state index contributed by atoms with van der Waals surface area (Å²) in [5, 5.41) is 0. The van der Waals surface area contributed by atoms with Crippen LogP contribution in [0.1, 0.15) is 5.56 Å². The predicted molar refractivity (Wildman–Crippen MR) is 45.4 cm³/mol. The van der Waals surface area contributed by atoms with Crippen LogP contribution in [0.4, 0.5) is 0 Å². The van der Waals surface area contributed by atoms with Crippen molar-refractivity contribution in [2.75, 3.05) is 0 Å². The summed E-state index contributed by atoms with van der Waals surface area (Å²) in [5.41, 5.74) is 1.16. The third-order valence-electron chi connectivity index (χ3n) is 1.56. The SMILES string of the molecule is O=C1N=[C-]N=C1c1ccccc1. The van der Waals surface area contributed by atoms with Gasteiger partial charge in [0.25, 0.3) is 0 Å². The highest BCUT2D eigenvalue weighted by molar-refractivity contribution is 6.49. The van der Waals surface area contributed by atoms with Gasteiger partial charge in [-0.15, -0.1) is 0 Å². The summed E-state index contributed by atoms with van der Waals surface area (Å²) in [6, 6.07) is 9.22. The maximum Gasteiger partial charge on any atom is 0.136 e. The molecule has 1 aliphatic rings. The molecule has 0 saturated heterocycles. The molecule has 0 aliphatic carbocycles. The fraction of sp³-hybridized carbons (Fsp3) is 0. The maximum atomic E-state index is 11.0. The van der Waals surface area contributed by atoms with Crippen molar-refractivity contribution in [3.63, 3.8) is 0 Å². The van der Waals surface area contributed by atoms with E-state index in [2.05, 4.69) is 16.3 Å². The largest absolute Gasteiger partial charge is 0.373 e. The van der Waals surface area contributed by atoms with Gasteiger partial charge >= 0.3 is 0 Å². The molecule has 2 rings (SSSR count). The van der Waals surface area contributed by atoms with Crippen LogP contribution in [0.3, 0.4) is 0 Å². The maximum absolute atomic E-state index is 11.0. The van der Waals surface area contributed by atoms with Gasteiger partial charge in [0, 0.05) is 6.34 Å². The number of benzene rings is 1. The van der Waals surface area contributed by atoms with E-state index in [0.29, 0.717) is 5.71 Å². The van der Waals surface area contributed by atoms with E-state index in [0.717, 1.165) is 5.56 Å². The molecule has 0 N–H and O–H groups in total. The lowest BCUT2D eigenvalue weighted by molar-refractivity contribution is -0.111. The van der Waals surface area contributed by atoms with E-state index in [4.69, 9.17) is 0 Å². The highest BCUT2D eigenvalue weighted by atomic mass is 16.1. The standard InChI is InChI=1S/C9H5N2O/c12-9-8(10-6-11-9)7-4-2-1-3-5-7/h1-5H/q-1. The van der Waals surface area contributed by atoms with Crippen molar-refractivity contribution < 1.29 is 4.79 Å². The summed E-state index contributed by atoms with van der Waals surface area (Å²) >= 11 is 0. The number of aliphatic imine (C=N–C) groups is 2. The molecule has 1 aromatic carbocycles. The molecule has 0 bridgehead atoms. The van der Waals surface area contributed by atoms with Gasteiger partial charge < -0.3 is 14.8 Å². The van der Waals surface area contributed by atoms with E-state index in [9.17, 15) is 4.79 Å². The molecule has 0 atom stereocenters. The van der Waals surface area contributed by atoms with Gasteiger partial charge in [-0.3, -0.25) is 0 Å². The van der Waals surface area contributed by atoms with Crippen molar-refractivity contribution >= 4 is 18.0 Å². The first-order chi connectivity index (χ1) is 5.88. The van der Waals surface area contributed by atoms with Crippen molar-refractivity contribution in [3.8, 4) is 0 Å². The van der Waals surface area contributed by atoms with E-state index >= 15 is 0 Å². The Bertz CT molecular complexity index is 365. The second-order valence-electron chi connectivity index (χ2n) is 2.34. The number of amides is 1. The second kappa shape index (κ2) is 2.70. The molecule has 0 saturated carbocycles. The third-order valence-corrected chi connectivity index (χ3v) is 1.56. The van der Waals surface area contributed by atoms with Crippen LogP contribution in [-0.4, -0.2) is 18.0 Å². The molecule has 1 aliphatic heterocycles. The minimum absolute atomic E-state index is 0.318. The summed E-state index contributed by atoms with van der Waals surface area (Å²) in [5.74, 6) is -0.318. The van der Waals surface area contributed by atoms with Crippen molar-refractivity contribution in [1.29, 1.82) is 0 Å². The van der Waals surface area contributed by atoms with Crippen molar-refractivity contribution in [2.45, 2.75) is 0 Å². The molecular formula is C9H5N2O-. The average molecular weight is 157 g/mol. The number of hydrogen-bond donors (Lipinski definition) is 0. The van der Waals surface area contributed by atoms with Gasteiger partial charge in [0.1, 0.15) is 5.91 Å². The summed E-state index contributed by atoms with van der Waals surface area (Å²) in [6.45, 7) is 0. The first-order valence-electron chi connectivity index (χ1n) is 3.51. The topological polar surface area (TPSA) is 41.8 Å². The van der Waals surface area contributed by atoms with E-state index < -0.39 is 0 Å². The van der Waals surface area contributed by atoms with Gasteiger partial charge in [-0.25, -0.2) is 0 Å². The Morgan fingerprint density at radius 2 is 1.92 bits per heavy atom. The summed E-state index contributed by atoms with van der Waals surface area (Å²) in [7, 11) is 0. The zero-order chi connectivity index (χ0) is 8.39. The molecule has 1 amide bonds. The van der Waals surface area contributed by atoms with Crippen molar-refractivity contribution in [3.05, 3.63) is 35.9 Å². The minimum Gasteiger partial charge on any atom is -0.373 e. The zero-order valence-electron chi connectivity index (χ0n) is 6.19. The molecule has 0 radical (unpaired) electrons. The highest BCUT2D eigenvalue weighted by Gasteiger charge is 2.02. The first kappa shape index (κ1) is 6.91. The Hall–Kier alpha value is -1.77. The van der Waals surface area contributed by atoms with Gasteiger partial charge in [-0.05, 0) is 5.71 Å². The number of rotatable bonds is 1. The molecule has 1 aromatic rings. The Kier molecular flexibility index (Phi) is 1.55. The van der Waals surface area contributed by atoms with Crippen LogP contribution in [0.15, 0.2) is 40.3 Å². The first-order valence-corrected chi connectivity index (χ1v) is 3.51. The fourth-order valence-corrected chi connectivity index (χ4v) is 1.01. The molecule has 1 heterocycles. The zero-order valence-corrected chi connectivity index (χ0v) is 6.19. The number of carbonyl (C=O) groups is 1. The van der Waals surface area contributed by atoms with Crippen LogP contribution < -0.4 is 0 Å². The van der Waals surface area contributed by atoms with Crippen LogP contribution in [0, 0.1) is 0 Å². The van der Waals surface area contributed by atoms with E-state index in [1.807, 2.05) is 30.3 Å². The summed E-state index contributed by atoms with van der Waals surface area (Å²) < 4.78 is 0. The molecule has 0 unspecified atom stereocenters. The number of hydrogen-bond acceptors (Lipinski definition) is 2. The lowest BCUT2D eigenvalue weighted by atomic mass is 10.1. The lowest BCUT2D eigenvalue weighted by Gasteiger charge is -2.04. The van der Waals surface area contributed by atoms with E-state index in [1.54, 1.807) is 0 Å². The molecule has 58 valence electrons. The van der Waals surface area contributed by atoms with Crippen LogP contribution in [-0.2, 0) is 4.79 Å². The highest BCUT2D eigenvalue weighted by Crippen LogP contribution is 2.05. The Labute approximate surface area is 69.5 Å². The fourth-order valence-electron chi connectivity index (χ4n) is 1.01. The number of carbonyl (C=O) groups excluding carboxylic acids is 1. The van der Waals surface area contributed by atoms with Gasteiger partial charge in [-0.1, -0.05) is 35.9 Å². The van der Waals surface area contributed by atoms with E-state index in [1.165, 1.54) is 0 Å². The number of nitrogens with zero attached hydrogens (tertiary/aromatic N) is 2. The smallest absolute Gasteiger partial charge is 0.136 e. The Morgan fingerprint density at radius 3 is 2.50 bits per heavy atom. The van der Waals surface area contributed by atoms with Crippen LogP contribution >= 0.6 is 0 Å². The monoisotopic (exact) mass is 157 g/mol. The summed E-state index contributed by atoms with van der Waals surface area (Å²) in [4.78, 5) is 18.2. The van der Waals surface area contributed by atoms with Gasteiger partial charge in [-0.2, -0.15) is 0 Å². The van der Waals surface area contributed by atoms with Crippen LogP contribution in [0.5, 0.6) is 0 Å². The van der Waals surface area contributed by atoms with Gasteiger partial charge in [0.2, 0.25) is 0 Å². The van der Waals surface area contributed by atoms with E-state index in [-0.39, 0.29) is 5.91 Å². The van der Waals surface area contributed by atoms with Crippen LogP contribution in [0.2, 0.25) is 0 Å². The molecule has 0 spiro atoms. The predicted octanol–water partition coefficient (Wildman–Crippen LogP) is 0.921. The van der Waals surface area contributed by atoms with Gasteiger partial charge in [0.15, 0.2) is 0 Å². The average Bonchev–Trinajstić information content (AvgIpc) is 2.53.